The van der Waals surface area contributed by atoms with Crippen LogP contribution in [0.4, 0.5) is 5.69 Å². The van der Waals surface area contributed by atoms with Crippen LogP contribution in [0, 0.1) is 16.0 Å². The third-order valence-corrected chi connectivity index (χ3v) is 4.99. The fraction of sp³-hybridized carbons (Fsp3) is 0.600. The van der Waals surface area contributed by atoms with Gasteiger partial charge in [-0.15, -0.1) is 0 Å². The lowest BCUT2D eigenvalue weighted by Gasteiger charge is -2.46. The molecule has 0 radical (unpaired) electrons. The second kappa shape index (κ2) is 5.14. The summed E-state index contributed by atoms with van der Waals surface area (Å²) in [5.74, 6) is 0.270. The molecule has 1 aliphatic carbocycles. The number of benzene rings is 1. The van der Waals surface area contributed by atoms with Crippen LogP contribution in [0.2, 0.25) is 0 Å². The van der Waals surface area contributed by atoms with Gasteiger partial charge in [-0.2, -0.15) is 0 Å². The molecule has 2 fully saturated rings. The van der Waals surface area contributed by atoms with Crippen LogP contribution >= 0.6 is 0 Å². The molecule has 3 rings (SSSR count). The highest BCUT2D eigenvalue weighted by Crippen LogP contribution is 2.43. The summed E-state index contributed by atoms with van der Waals surface area (Å²) in [6, 6.07) is 7.06. The van der Waals surface area contributed by atoms with Gasteiger partial charge in [0.05, 0.1) is 17.1 Å². The average molecular weight is 277 g/mol. The summed E-state index contributed by atoms with van der Waals surface area (Å²) in [6.07, 6.45) is 5.09. The SMILES string of the molecule is O=[N+]([O-])c1ccc([C@H]2[NH2+]CC[C@@]3(O)CCCC[C@H]23)cc1. The monoisotopic (exact) mass is 277 g/mol. The number of nitro groups is 1. The van der Waals surface area contributed by atoms with Crippen LogP contribution in [0.3, 0.4) is 0 Å². The molecule has 0 aromatic heterocycles. The Labute approximate surface area is 118 Å². The van der Waals surface area contributed by atoms with Crippen LogP contribution in [0.5, 0.6) is 0 Å². The molecule has 1 saturated heterocycles. The van der Waals surface area contributed by atoms with E-state index >= 15 is 0 Å². The Kier molecular flexibility index (Phi) is 3.48. The summed E-state index contributed by atoms with van der Waals surface area (Å²) in [4.78, 5) is 10.4. The molecular formula is C15H21N2O3+. The molecule has 5 nitrogen and oxygen atoms in total. The molecule has 108 valence electrons. The van der Waals surface area contributed by atoms with Crippen molar-refractivity contribution in [3.63, 3.8) is 0 Å². The van der Waals surface area contributed by atoms with E-state index in [1.807, 2.05) is 12.1 Å². The molecule has 5 heteroatoms. The van der Waals surface area contributed by atoms with Crippen molar-refractivity contribution in [3.05, 3.63) is 39.9 Å². The van der Waals surface area contributed by atoms with Gasteiger partial charge >= 0.3 is 0 Å². The minimum Gasteiger partial charge on any atom is -0.389 e. The highest BCUT2D eigenvalue weighted by molar-refractivity contribution is 5.34. The zero-order valence-electron chi connectivity index (χ0n) is 11.5. The number of nitrogens with zero attached hydrogens (tertiary/aromatic N) is 1. The van der Waals surface area contributed by atoms with Crippen LogP contribution in [-0.4, -0.2) is 22.2 Å². The van der Waals surface area contributed by atoms with Gasteiger partial charge < -0.3 is 10.4 Å². The first-order valence-electron chi connectivity index (χ1n) is 7.40. The van der Waals surface area contributed by atoms with Gasteiger partial charge in [0.1, 0.15) is 6.04 Å². The summed E-state index contributed by atoms with van der Waals surface area (Å²) in [5, 5.41) is 23.8. The summed E-state index contributed by atoms with van der Waals surface area (Å²) < 4.78 is 0. The van der Waals surface area contributed by atoms with Crippen molar-refractivity contribution in [1.82, 2.24) is 0 Å². The highest BCUT2D eigenvalue weighted by atomic mass is 16.6. The maximum Gasteiger partial charge on any atom is 0.269 e. The summed E-state index contributed by atoms with van der Waals surface area (Å²) >= 11 is 0. The number of piperidine rings is 1. The van der Waals surface area contributed by atoms with E-state index in [-0.39, 0.29) is 22.6 Å². The standard InChI is InChI=1S/C15H20N2O3/c18-15-8-2-1-3-13(15)14(16-10-9-15)11-4-6-12(7-5-11)17(19)20/h4-7,13-14,16,18H,1-3,8-10H2/p+1/t13-,14-,15+/m1/s1. The fourth-order valence-corrected chi connectivity index (χ4v) is 3.94. The maximum atomic E-state index is 10.8. The largest absolute Gasteiger partial charge is 0.389 e. The zero-order valence-corrected chi connectivity index (χ0v) is 11.5. The third kappa shape index (κ3) is 2.31. The molecule has 1 aliphatic heterocycles. The van der Waals surface area contributed by atoms with Crippen molar-refractivity contribution in [3.8, 4) is 0 Å². The normalized spacial score (nSPS) is 33.5. The van der Waals surface area contributed by atoms with Gasteiger partial charge in [0.2, 0.25) is 0 Å². The number of nitrogens with two attached hydrogens (primary N) is 1. The number of aliphatic hydroxyl groups is 1. The van der Waals surface area contributed by atoms with E-state index in [2.05, 4.69) is 5.32 Å². The topological polar surface area (TPSA) is 80.0 Å². The van der Waals surface area contributed by atoms with Crippen LogP contribution in [0.15, 0.2) is 24.3 Å². The van der Waals surface area contributed by atoms with E-state index in [4.69, 9.17) is 0 Å². The lowest BCUT2D eigenvalue weighted by atomic mass is 9.67. The van der Waals surface area contributed by atoms with Gasteiger partial charge in [-0.3, -0.25) is 10.1 Å². The second-order valence-electron chi connectivity index (χ2n) is 6.10. The molecule has 0 amide bonds. The highest BCUT2D eigenvalue weighted by Gasteiger charge is 2.48. The smallest absolute Gasteiger partial charge is 0.269 e. The van der Waals surface area contributed by atoms with Gasteiger partial charge in [-0.1, -0.05) is 12.8 Å². The molecular weight excluding hydrogens is 256 g/mol. The number of quaternary nitrogens is 1. The van der Waals surface area contributed by atoms with Crippen LogP contribution in [0.1, 0.15) is 43.7 Å². The summed E-state index contributed by atoms with van der Waals surface area (Å²) in [6.45, 7) is 0.925. The Morgan fingerprint density at radius 3 is 2.70 bits per heavy atom. The minimum atomic E-state index is -0.528. The quantitative estimate of drug-likeness (QED) is 0.635. The molecule has 3 N–H and O–H groups in total. The van der Waals surface area contributed by atoms with Crippen molar-refractivity contribution in [2.24, 2.45) is 5.92 Å². The number of rotatable bonds is 2. The Balaban J connectivity index is 1.86. The van der Waals surface area contributed by atoms with Gasteiger partial charge in [-0.05, 0) is 25.0 Å². The Bertz CT molecular complexity index is 498. The van der Waals surface area contributed by atoms with E-state index < -0.39 is 5.60 Å². The second-order valence-corrected chi connectivity index (χ2v) is 6.10. The zero-order chi connectivity index (χ0) is 14.2. The number of nitro benzene ring substituents is 1. The first kappa shape index (κ1) is 13.5. The molecule has 2 aliphatic rings. The number of non-ortho nitro benzene ring substituents is 1. The fourth-order valence-electron chi connectivity index (χ4n) is 3.94. The lowest BCUT2D eigenvalue weighted by Crippen LogP contribution is -2.91. The molecule has 1 heterocycles. The maximum absolute atomic E-state index is 10.8. The average Bonchev–Trinajstić information content (AvgIpc) is 2.46. The molecule has 1 saturated carbocycles. The molecule has 0 unspecified atom stereocenters. The summed E-state index contributed by atoms with van der Waals surface area (Å²) in [7, 11) is 0. The van der Waals surface area contributed by atoms with Crippen molar-refractivity contribution in [1.29, 1.82) is 0 Å². The number of hydrogen-bond donors (Lipinski definition) is 2. The minimum absolute atomic E-state index is 0.128. The van der Waals surface area contributed by atoms with Gasteiger partial charge in [0, 0.05) is 30.0 Å². The Hall–Kier alpha value is -1.46. The van der Waals surface area contributed by atoms with Crippen molar-refractivity contribution < 1.29 is 15.3 Å². The molecule has 20 heavy (non-hydrogen) atoms. The van der Waals surface area contributed by atoms with Crippen molar-refractivity contribution in [2.45, 2.75) is 43.7 Å². The first-order valence-corrected chi connectivity index (χ1v) is 7.40. The van der Waals surface area contributed by atoms with E-state index in [9.17, 15) is 15.2 Å². The predicted octanol–water partition coefficient (Wildman–Crippen LogP) is 1.52. The van der Waals surface area contributed by atoms with Gasteiger partial charge in [-0.25, -0.2) is 0 Å². The predicted molar refractivity (Wildman–Crippen MR) is 74.2 cm³/mol. The van der Waals surface area contributed by atoms with Crippen LogP contribution in [0.25, 0.3) is 0 Å². The Morgan fingerprint density at radius 2 is 2.00 bits per heavy atom. The summed E-state index contributed by atoms with van der Waals surface area (Å²) in [5.41, 5.74) is 0.698. The van der Waals surface area contributed by atoms with E-state index in [1.54, 1.807) is 12.1 Å². The molecule has 1 aromatic rings. The van der Waals surface area contributed by atoms with Gasteiger partial charge in [0.15, 0.2) is 0 Å². The molecule has 0 bridgehead atoms. The van der Waals surface area contributed by atoms with E-state index in [0.717, 1.165) is 37.8 Å². The molecule has 3 atom stereocenters. The number of hydrogen-bond acceptors (Lipinski definition) is 3. The Morgan fingerprint density at radius 1 is 1.25 bits per heavy atom. The van der Waals surface area contributed by atoms with Crippen molar-refractivity contribution in [2.75, 3.05) is 6.54 Å². The lowest BCUT2D eigenvalue weighted by molar-refractivity contribution is -0.719. The van der Waals surface area contributed by atoms with E-state index in [1.165, 1.54) is 6.42 Å². The third-order valence-electron chi connectivity index (χ3n) is 4.99. The van der Waals surface area contributed by atoms with Crippen LogP contribution < -0.4 is 5.32 Å². The number of fused-ring (bicyclic) bond motifs is 1. The molecule has 0 spiro atoms. The van der Waals surface area contributed by atoms with E-state index in [0.29, 0.717) is 0 Å². The van der Waals surface area contributed by atoms with Crippen LogP contribution in [-0.2, 0) is 0 Å². The van der Waals surface area contributed by atoms with Gasteiger partial charge in [0.25, 0.3) is 5.69 Å². The molecule has 1 aromatic carbocycles. The first-order chi connectivity index (χ1) is 9.60. The van der Waals surface area contributed by atoms with Crippen molar-refractivity contribution >= 4 is 5.69 Å².